The molecule has 1 aliphatic heterocycles. The number of nitrogens with two attached hydrogens (primary N) is 1. The monoisotopic (exact) mass is 188 g/mol. The van der Waals surface area contributed by atoms with Crippen molar-refractivity contribution in [1.82, 2.24) is 0 Å². The molecule has 0 spiro atoms. The summed E-state index contributed by atoms with van der Waals surface area (Å²) in [6.07, 6.45) is 2.77. The third-order valence-electron chi connectivity index (χ3n) is 2.45. The normalized spacial score (nSPS) is 13.9. The number of fused-ring (bicyclic) bond motifs is 1. The Labute approximate surface area is 82.6 Å². The Hall–Kier alpha value is -1.77. The van der Waals surface area contributed by atoms with Gasteiger partial charge >= 0.3 is 0 Å². The number of hydrogen-bond acceptors (Lipinski definition) is 3. The van der Waals surface area contributed by atoms with E-state index in [-0.39, 0.29) is 0 Å². The van der Waals surface area contributed by atoms with Gasteiger partial charge in [-0.15, -0.1) is 0 Å². The molecule has 0 saturated carbocycles. The van der Waals surface area contributed by atoms with Gasteiger partial charge in [-0.1, -0.05) is 6.07 Å². The van der Waals surface area contributed by atoms with E-state index in [1.165, 1.54) is 0 Å². The standard InChI is InChI=1S/C11H12N2O/c1-7-2-3-10(12)11-9(7)4-8(6-14)5-13-11/h2-4,6,13H,5,12H2,1H3. The van der Waals surface area contributed by atoms with Gasteiger partial charge in [-0.05, 0) is 24.6 Å². The molecule has 1 aromatic carbocycles. The first kappa shape index (κ1) is 8.81. The van der Waals surface area contributed by atoms with Crippen molar-refractivity contribution >= 4 is 23.7 Å². The van der Waals surface area contributed by atoms with Gasteiger partial charge < -0.3 is 11.1 Å². The lowest BCUT2D eigenvalue weighted by Crippen LogP contribution is -2.13. The minimum absolute atomic E-state index is 0.560. The van der Waals surface area contributed by atoms with Gasteiger partial charge in [-0.2, -0.15) is 0 Å². The van der Waals surface area contributed by atoms with Gasteiger partial charge in [0.1, 0.15) is 6.29 Å². The summed E-state index contributed by atoms with van der Waals surface area (Å²) in [5.74, 6) is 0. The molecule has 0 fully saturated rings. The maximum Gasteiger partial charge on any atom is 0.147 e. The summed E-state index contributed by atoms with van der Waals surface area (Å²) in [5.41, 5.74) is 10.4. The molecule has 0 unspecified atom stereocenters. The minimum atomic E-state index is 0.560. The molecule has 14 heavy (non-hydrogen) atoms. The Morgan fingerprint density at radius 2 is 2.29 bits per heavy atom. The van der Waals surface area contributed by atoms with E-state index >= 15 is 0 Å². The van der Waals surface area contributed by atoms with Crippen LogP contribution in [0.1, 0.15) is 11.1 Å². The van der Waals surface area contributed by atoms with Gasteiger partial charge in [0.15, 0.2) is 0 Å². The minimum Gasteiger partial charge on any atom is -0.397 e. The number of aryl methyl sites for hydroxylation is 1. The van der Waals surface area contributed by atoms with Crippen molar-refractivity contribution in [3.05, 3.63) is 28.8 Å². The molecule has 3 nitrogen and oxygen atoms in total. The van der Waals surface area contributed by atoms with Gasteiger partial charge in [0, 0.05) is 17.7 Å². The van der Waals surface area contributed by atoms with Gasteiger partial charge in [0.05, 0.1) is 11.4 Å². The molecule has 3 heteroatoms. The fourth-order valence-corrected chi connectivity index (χ4v) is 1.63. The lowest BCUT2D eigenvalue weighted by atomic mass is 9.99. The summed E-state index contributed by atoms with van der Waals surface area (Å²) in [7, 11) is 0. The maximum atomic E-state index is 10.6. The van der Waals surface area contributed by atoms with Crippen LogP contribution in [0.4, 0.5) is 11.4 Å². The van der Waals surface area contributed by atoms with Crippen LogP contribution in [0.5, 0.6) is 0 Å². The highest BCUT2D eigenvalue weighted by Gasteiger charge is 2.13. The van der Waals surface area contributed by atoms with E-state index in [4.69, 9.17) is 5.73 Å². The molecule has 1 aliphatic rings. The van der Waals surface area contributed by atoms with Crippen LogP contribution in [-0.2, 0) is 4.79 Å². The van der Waals surface area contributed by atoms with Crippen LogP contribution < -0.4 is 11.1 Å². The second-order valence-electron chi connectivity index (χ2n) is 3.45. The zero-order valence-corrected chi connectivity index (χ0v) is 8.00. The Balaban J connectivity index is 2.62. The van der Waals surface area contributed by atoms with Crippen molar-refractivity contribution in [3.63, 3.8) is 0 Å². The molecule has 0 amide bonds. The number of carbonyl (C=O) groups excluding carboxylic acids is 1. The van der Waals surface area contributed by atoms with Gasteiger partial charge in [0.25, 0.3) is 0 Å². The molecule has 1 heterocycles. The van der Waals surface area contributed by atoms with E-state index in [0.717, 1.165) is 34.4 Å². The zero-order chi connectivity index (χ0) is 10.1. The molecule has 0 radical (unpaired) electrons. The predicted octanol–water partition coefficient (Wildman–Crippen LogP) is 1.59. The number of carbonyl (C=O) groups is 1. The van der Waals surface area contributed by atoms with Crippen LogP contribution in [0, 0.1) is 6.92 Å². The van der Waals surface area contributed by atoms with Crippen LogP contribution in [0.2, 0.25) is 0 Å². The quantitative estimate of drug-likeness (QED) is 0.519. The summed E-state index contributed by atoms with van der Waals surface area (Å²) >= 11 is 0. The van der Waals surface area contributed by atoms with Crippen molar-refractivity contribution in [3.8, 4) is 0 Å². The Morgan fingerprint density at radius 3 is 3.00 bits per heavy atom. The third-order valence-corrected chi connectivity index (χ3v) is 2.45. The summed E-state index contributed by atoms with van der Waals surface area (Å²) in [6, 6.07) is 3.83. The molecule has 0 aromatic heterocycles. The zero-order valence-electron chi connectivity index (χ0n) is 8.00. The molecule has 72 valence electrons. The Bertz CT molecular complexity index is 422. The van der Waals surface area contributed by atoms with Gasteiger partial charge in [-0.3, -0.25) is 4.79 Å². The average Bonchev–Trinajstić information content (AvgIpc) is 2.23. The first-order valence-electron chi connectivity index (χ1n) is 4.51. The van der Waals surface area contributed by atoms with E-state index in [1.54, 1.807) is 0 Å². The van der Waals surface area contributed by atoms with E-state index in [0.29, 0.717) is 6.54 Å². The van der Waals surface area contributed by atoms with Crippen molar-refractivity contribution in [2.45, 2.75) is 6.92 Å². The SMILES string of the molecule is Cc1ccc(N)c2c1C=C(C=O)CN2. The second-order valence-corrected chi connectivity index (χ2v) is 3.45. The van der Waals surface area contributed by atoms with E-state index in [9.17, 15) is 4.79 Å². The van der Waals surface area contributed by atoms with E-state index in [1.807, 2.05) is 25.1 Å². The van der Waals surface area contributed by atoms with Crippen LogP contribution in [0.25, 0.3) is 6.08 Å². The largest absolute Gasteiger partial charge is 0.397 e. The molecule has 0 aliphatic carbocycles. The van der Waals surface area contributed by atoms with Gasteiger partial charge in [0.2, 0.25) is 0 Å². The average molecular weight is 188 g/mol. The number of rotatable bonds is 1. The van der Waals surface area contributed by atoms with Crippen LogP contribution in [0.15, 0.2) is 17.7 Å². The van der Waals surface area contributed by atoms with Crippen molar-refractivity contribution in [2.75, 3.05) is 17.6 Å². The van der Waals surface area contributed by atoms with Crippen molar-refractivity contribution in [2.24, 2.45) is 0 Å². The van der Waals surface area contributed by atoms with Crippen molar-refractivity contribution < 1.29 is 4.79 Å². The fourth-order valence-electron chi connectivity index (χ4n) is 1.63. The molecular weight excluding hydrogens is 176 g/mol. The highest BCUT2D eigenvalue weighted by atomic mass is 16.1. The topological polar surface area (TPSA) is 55.1 Å². The summed E-state index contributed by atoms with van der Waals surface area (Å²) < 4.78 is 0. The number of anilines is 2. The molecule has 1 aromatic rings. The summed E-state index contributed by atoms with van der Waals surface area (Å²) in [6.45, 7) is 2.56. The highest BCUT2D eigenvalue weighted by Crippen LogP contribution is 2.31. The van der Waals surface area contributed by atoms with E-state index < -0.39 is 0 Å². The molecule has 3 N–H and O–H groups in total. The molecule has 0 atom stereocenters. The smallest absolute Gasteiger partial charge is 0.147 e. The van der Waals surface area contributed by atoms with Crippen LogP contribution in [0.3, 0.4) is 0 Å². The van der Waals surface area contributed by atoms with Crippen LogP contribution >= 0.6 is 0 Å². The first-order chi connectivity index (χ1) is 6.72. The summed E-state index contributed by atoms with van der Waals surface area (Å²) in [5, 5.41) is 3.15. The van der Waals surface area contributed by atoms with E-state index in [2.05, 4.69) is 5.32 Å². The molecule has 0 saturated heterocycles. The lowest BCUT2D eigenvalue weighted by Gasteiger charge is -2.19. The number of nitrogen functional groups attached to an aromatic ring is 1. The molecule has 0 bridgehead atoms. The number of aldehydes is 1. The first-order valence-corrected chi connectivity index (χ1v) is 4.51. The molecule has 2 rings (SSSR count). The summed E-state index contributed by atoms with van der Waals surface area (Å²) in [4.78, 5) is 10.6. The highest BCUT2D eigenvalue weighted by molar-refractivity contribution is 5.92. The van der Waals surface area contributed by atoms with Crippen molar-refractivity contribution in [1.29, 1.82) is 0 Å². The predicted molar refractivity (Wildman–Crippen MR) is 58.1 cm³/mol. The Kier molecular flexibility index (Phi) is 2.00. The second kappa shape index (κ2) is 3.18. The molecular formula is C11H12N2O. The third kappa shape index (κ3) is 1.27. The van der Waals surface area contributed by atoms with Gasteiger partial charge in [-0.25, -0.2) is 0 Å². The fraction of sp³-hybridized carbons (Fsp3) is 0.182. The maximum absolute atomic E-state index is 10.6. The Morgan fingerprint density at radius 1 is 1.50 bits per heavy atom. The lowest BCUT2D eigenvalue weighted by molar-refractivity contribution is -0.104. The number of nitrogens with one attached hydrogen (secondary N) is 1. The number of hydrogen-bond donors (Lipinski definition) is 2. The van der Waals surface area contributed by atoms with Crippen LogP contribution in [-0.4, -0.2) is 12.8 Å². The number of benzene rings is 1.